The Hall–Kier alpha value is -1.36. The van der Waals surface area contributed by atoms with Crippen molar-refractivity contribution < 1.29 is 4.79 Å². The van der Waals surface area contributed by atoms with Crippen LogP contribution >= 0.6 is 0 Å². The van der Waals surface area contributed by atoms with Crippen molar-refractivity contribution in [1.29, 1.82) is 0 Å². The molecule has 2 aliphatic rings. The Morgan fingerprint density at radius 2 is 2.10 bits per heavy atom. The Kier molecular flexibility index (Phi) is 3.78. The molecular formula is C15H24N4O. The van der Waals surface area contributed by atoms with Crippen LogP contribution in [0.1, 0.15) is 37.8 Å². The zero-order valence-corrected chi connectivity index (χ0v) is 12.4. The van der Waals surface area contributed by atoms with Gasteiger partial charge in [-0.3, -0.25) is 9.48 Å². The summed E-state index contributed by atoms with van der Waals surface area (Å²) in [5.41, 5.74) is 0.998. The molecule has 2 aliphatic heterocycles. The van der Waals surface area contributed by atoms with E-state index < -0.39 is 0 Å². The molecule has 2 saturated heterocycles. The fraction of sp³-hybridized carbons (Fsp3) is 0.733. The van der Waals surface area contributed by atoms with Crippen molar-refractivity contribution in [1.82, 2.24) is 20.0 Å². The van der Waals surface area contributed by atoms with Gasteiger partial charge in [0.1, 0.15) is 0 Å². The first kappa shape index (κ1) is 13.6. The number of rotatable bonds is 4. The van der Waals surface area contributed by atoms with Gasteiger partial charge in [-0.2, -0.15) is 5.10 Å². The molecule has 1 amide bonds. The summed E-state index contributed by atoms with van der Waals surface area (Å²) in [6.45, 7) is 2.63. The standard InChI is InChI=1S/C15H24N4O/c1-11-5-7-19(17-11)8-6-15(20)16-12-9-13-3-4-14(10-12)18(13)2/h5,7,12-14H,3-4,6,8-10H2,1-2H3,(H,16,20). The summed E-state index contributed by atoms with van der Waals surface area (Å²) in [6.07, 6.45) is 7.25. The van der Waals surface area contributed by atoms with E-state index >= 15 is 0 Å². The summed E-state index contributed by atoms with van der Waals surface area (Å²) in [4.78, 5) is 14.5. The molecule has 1 N–H and O–H groups in total. The highest BCUT2D eigenvalue weighted by molar-refractivity contribution is 5.76. The normalized spacial score (nSPS) is 29.6. The third-order valence-electron chi connectivity index (χ3n) is 4.81. The lowest BCUT2D eigenvalue weighted by atomic mass is 9.98. The summed E-state index contributed by atoms with van der Waals surface area (Å²) < 4.78 is 1.84. The number of hydrogen-bond donors (Lipinski definition) is 1. The first-order valence-electron chi connectivity index (χ1n) is 7.63. The van der Waals surface area contributed by atoms with Gasteiger partial charge in [0, 0.05) is 37.3 Å². The van der Waals surface area contributed by atoms with Crippen LogP contribution in [0.4, 0.5) is 0 Å². The number of nitrogens with zero attached hydrogens (tertiary/aromatic N) is 3. The molecule has 20 heavy (non-hydrogen) atoms. The maximum Gasteiger partial charge on any atom is 0.222 e. The fourth-order valence-electron chi connectivity index (χ4n) is 3.63. The van der Waals surface area contributed by atoms with Crippen molar-refractivity contribution in [2.24, 2.45) is 0 Å². The Morgan fingerprint density at radius 3 is 2.70 bits per heavy atom. The van der Waals surface area contributed by atoms with Crippen molar-refractivity contribution in [3.05, 3.63) is 18.0 Å². The minimum absolute atomic E-state index is 0.159. The maximum absolute atomic E-state index is 12.0. The van der Waals surface area contributed by atoms with Gasteiger partial charge in [-0.25, -0.2) is 0 Å². The molecule has 0 radical (unpaired) electrons. The highest BCUT2D eigenvalue weighted by Gasteiger charge is 2.38. The van der Waals surface area contributed by atoms with Crippen molar-refractivity contribution in [3.63, 3.8) is 0 Å². The molecule has 2 atom stereocenters. The molecule has 3 rings (SSSR count). The molecule has 0 spiro atoms. The van der Waals surface area contributed by atoms with E-state index in [2.05, 4.69) is 22.4 Å². The number of amides is 1. The van der Waals surface area contributed by atoms with Crippen LogP contribution in [0.5, 0.6) is 0 Å². The highest BCUT2D eigenvalue weighted by atomic mass is 16.1. The number of hydrogen-bond acceptors (Lipinski definition) is 3. The molecule has 2 unspecified atom stereocenters. The fourth-order valence-corrected chi connectivity index (χ4v) is 3.63. The average Bonchev–Trinajstić information content (AvgIpc) is 2.89. The molecule has 3 heterocycles. The van der Waals surface area contributed by atoms with Crippen molar-refractivity contribution in [3.8, 4) is 0 Å². The van der Waals surface area contributed by atoms with Crippen LogP contribution in [-0.4, -0.2) is 45.8 Å². The summed E-state index contributed by atoms with van der Waals surface area (Å²) in [7, 11) is 2.22. The smallest absolute Gasteiger partial charge is 0.222 e. The first-order chi connectivity index (χ1) is 9.61. The van der Waals surface area contributed by atoms with Gasteiger partial charge in [0.25, 0.3) is 0 Å². The predicted octanol–water partition coefficient (Wildman–Crippen LogP) is 1.32. The first-order valence-corrected chi connectivity index (χ1v) is 7.63. The lowest BCUT2D eigenvalue weighted by Gasteiger charge is -2.36. The van der Waals surface area contributed by atoms with Crippen LogP contribution in [0.25, 0.3) is 0 Å². The largest absolute Gasteiger partial charge is 0.353 e. The van der Waals surface area contributed by atoms with E-state index in [-0.39, 0.29) is 5.91 Å². The minimum Gasteiger partial charge on any atom is -0.353 e. The average molecular weight is 276 g/mol. The minimum atomic E-state index is 0.159. The van der Waals surface area contributed by atoms with Gasteiger partial charge in [-0.15, -0.1) is 0 Å². The van der Waals surface area contributed by atoms with Crippen LogP contribution in [0.15, 0.2) is 12.3 Å². The van der Waals surface area contributed by atoms with Crippen LogP contribution in [-0.2, 0) is 11.3 Å². The lowest BCUT2D eigenvalue weighted by Crippen LogP contribution is -2.48. The number of piperidine rings is 1. The zero-order valence-electron chi connectivity index (χ0n) is 12.4. The number of aryl methyl sites for hydroxylation is 2. The van der Waals surface area contributed by atoms with Crippen LogP contribution in [0, 0.1) is 6.92 Å². The van der Waals surface area contributed by atoms with E-state index in [9.17, 15) is 4.79 Å². The van der Waals surface area contributed by atoms with E-state index in [0.29, 0.717) is 31.1 Å². The van der Waals surface area contributed by atoms with E-state index in [0.717, 1.165) is 18.5 Å². The van der Waals surface area contributed by atoms with Crippen molar-refractivity contribution in [2.75, 3.05) is 7.05 Å². The quantitative estimate of drug-likeness (QED) is 0.902. The molecular weight excluding hydrogens is 252 g/mol. The van der Waals surface area contributed by atoms with Gasteiger partial charge in [0.05, 0.1) is 5.69 Å². The second-order valence-corrected chi connectivity index (χ2v) is 6.26. The van der Waals surface area contributed by atoms with E-state index in [4.69, 9.17) is 0 Å². The topological polar surface area (TPSA) is 50.2 Å². The van der Waals surface area contributed by atoms with E-state index in [1.165, 1.54) is 12.8 Å². The number of fused-ring (bicyclic) bond motifs is 2. The Bertz CT molecular complexity index is 470. The second kappa shape index (κ2) is 5.56. The van der Waals surface area contributed by atoms with Crippen LogP contribution in [0.3, 0.4) is 0 Å². The van der Waals surface area contributed by atoms with Gasteiger partial charge in [0.2, 0.25) is 5.91 Å². The Balaban J connectivity index is 1.45. The number of nitrogens with one attached hydrogen (secondary N) is 1. The zero-order chi connectivity index (χ0) is 14.1. The van der Waals surface area contributed by atoms with Gasteiger partial charge in [-0.05, 0) is 45.7 Å². The summed E-state index contributed by atoms with van der Waals surface area (Å²) in [5.74, 6) is 0.159. The molecule has 5 heteroatoms. The summed E-state index contributed by atoms with van der Waals surface area (Å²) in [6, 6.07) is 3.68. The number of aromatic nitrogens is 2. The molecule has 5 nitrogen and oxygen atoms in total. The van der Waals surface area contributed by atoms with Crippen LogP contribution in [0.2, 0.25) is 0 Å². The summed E-state index contributed by atoms with van der Waals surface area (Å²) >= 11 is 0. The molecule has 0 aromatic carbocycles. The summed E-state index contributed by atoms with van der Waals surface area (Å²) in [5, 5.41) is 7.51. The van der Waals surface area contributed by atoms with Crippen molar-refractivity contribution >= 4 is 5.91 Å². The highest BCUT2D eigenvalue weighted by Crippen LogP contribution is 2.34. The van der Waals surface area contributed by atoms with Gasteiger partial charge < -0.3 is 10.2 Å². The van der Waals surface area contributed by atoms with Crippen LogP contribution < -0.4 is 5.32 Å². The lowest BCUT2D eigenvalue weighted by molar-refractivity contribution is -0.122. The SMILES string of the molecule is Cc1ccn(CCC(=O)NC2CC3CCC(C2)N3C)n1. The van der Waals surface area contributed by atoms with Crippen molar-refractivity contribution in [2.45, 2.75) is 63.7 Å². The number of carbonyl (C=O) groups is 1. The molecule has 1 aromatic rings. The second-order valence-electron chi connectivity index (χ2n) is 6.26. The molecule has 0 aliphatic carbocycles. The Morgan fingerprint density at radius 1 is 1.40 bits per heavy atom. The van der Waals surface area contributed by atoms with E-state index in [1.54, 1.807) is 0 Å². The molecule has 2 bridgehead atoms. The molecule has 1 aromatic heterocycles. The maximum atomic E-state index is 12.0. The molecule has 110 valence electrons. The Labute approximate surface area is 120 Å². The van der Waals surface area contributed by atoms with Gasteiger partial charge in [-0.1, -0.05) is 0 Å². The third kappa shape index (κ3) is 2.87. The molecule has 2 fully saturated rings. The third-order valence-corrected chi connectivity index (χ3v) is 4.81. The molecule has 0 saturated carbocycles. The monoisotopic (exact) mass is 276 g/mol. The van der Waals surface area contributed by atoms with Gasteiger partial charge >= 0.3 is 0 Å². The predicted molar refractivity (Wildman–Crippen MR) is 77.3 cm³/mol. The van der Waals surface area contributed by atoms with E-state index in [1.807, 2.05) is 23.9 Å². The van der Waals surface area contributed by atoms with Gasteiger partial charge in [0.15, 0.2) is 0 Å². The number of carbonyl (C=O) groups excluding carboxylic acids is 1.